The van der Waals surface area contributed by atoms with Crippen LogP contribution >= 0.6 is 23.2 Å². The summed E-state index contributed by atoms with van der Waals surface area (Å²) in [5.74, 6) is -0.855. The van der Waals surface area contributed by atoms with Crippen LogP contribution in [0.2, 0.25) is 0 Å². The molecule has 8 heteroatoms. The molecule has 1 aromatic carbocycles. The lowest BCUT2D eigenvalue weighted by atomic mass is 9.81. The first kappa shape index (κ1) is 17.2. The minimum absolute atomic E-state index is 0.141. The zero-order valence-corrected chi connectivity index (χ0v) is 13.7. The summed E-state index contributed by atoms with van der Waals surface area (Å²) in [4.78, 5) is 34.1. The van der Waals surface area contributed by atoms with E-state index < -0.39 is 21.3 Å². The average Bonchev–Trinajstić information content (AvgIpc) is 2.45. The molecule has 0 amide bonds. The summed E-state index contributed by atoms with van der Waals surface area (Å²) in [5, 5.41) is 12.4. The van der Waals surface area contributed by atoms with Crippen molar-refractivity contribution in [1.82, 2.24) is 5.32 Å². The summed E-state index contributed by atoms with van der Waals surface area (Å²) in [6.45, 7) is 3.28. The van der Waals surface area contributed by atoms with Crippen LogP contribution in [0.5, 0.6) is 0 Å². The SMILES string of the molecule is CC1=C(C(=O)Cl)C(c2cccc([N+](=O)[O-])c2)C(C(=O)Cl)=C(C)N1. The maximum atomic E-state index is 11.8. The third-order valence-corrected chi connectivity index (χ3v) is 4.01. The second-order valence-corrected chi connectivity index (χ2v) is 5.72. The maximum absolute atomic E-state index is 11.8. The standard InChI is InChI=1S/C15H12Cl2N2O4/c1-7-11(14(16)20)13(12(15(17)21)8(2)18-7)9-4-3-5-10(6-9)19(22)23/h3-6,13,18H,1-2H3. The van der Waals surface area contributed by atoms with Crippen molar-refractivity contribution in [2.75, 3.05) is 0 Å². The van der Waals surface area contributed by atoms with Crippen LogP contribution in [0.25, 0.3) is 0 Å². The van der Waals surface area contributed by atoms with Crippen molar-refractivity contribution in [3.8, 4) is 0 Å². The highest BCUT2D eigenvalue weighted by Gasteiger charge is 2.35. The molecule has 2 rings (SSSR count). The van der Waals surface area contributed by atoms with E-state index in [1.807, 2.05) is 0 Å². The van der Waals surface area contributed by atoms with Crippen molar-refractivity contribution in [1.29, 1.82) is 0 Å². The van der Waals surface area contributed by atoms with Crippen LogP contribution in [0.1, 0.15) is 25.3 Å². The number of hydrogen-bond donors (Lipinski definition) is 1. The molecule has 0 spiro atoms. The number of rotatable bonds is 4. The number of nitrogens with zero attached hydrogens (tertiary/aromatic N) is 1. The van der Waals surface area contributed by atoms with Crippen LogP contribution in [0, 0.1) is 10.1 Å². The van der Waals surface area contributed by atoms with Crippen LogP contribution in [-0.2, 0) is 9.59 Å². The average molecular weight is 355 g/mol. The highest BCUT2D eigenvalue weighted by Crippen LogP contribution is 2.40. The molecule has 1 aliphatic rings. The smallest absolute Gasteiger partial charge is 0.269 e. The molecule has 1 heterocycles. The topological polar surface area (TPSA) is 89.3 Å². The minimum Gasteiger partial charge on any atom is -0.362 e. The quantitative estimate of drug-likeness (QED) is 0.508. The van der Waals surface area contributed by atoms with Crippen molar-refractivity contribution in [2.24, 2.45) is 0 Å². The van der Waals surface area contributed by atoms with Crippen LogP contribution in [0.4, 0.5) is 5.69 Å². The summed E-state index contributed by atoms with van der Waals surface area (Å²) in [7, 11) is 0. The number of carbonyl (C=O) groups excluding carboxylic acids is 2. The van der Waals surface area contributed by atoms with Gasteiger partial charge in [-0.25, -0.2) is 0 Å². The molecule has 1 aliphatic heterocycles. The number of allylic oxidation sites excluding steroid dienone is 4. The monoisotopic (exact) mass is 354 g/mol. The van der Waals surface area contributed by atoms with E-state index in [4.69, 9.17) is 23.2 Å². The number of carbonyl (C=O) groups is 2. The van der Waals surface area contributed by atoms with Gasteiger partial charge in [0, 0.05) is 40.6 Å². The van der Waals surface area contributed by atoms with Crippen LogP contribution < -0.4 is 5.32 Å². The number of hydrogen-bond acceptors (Lipinski definition) is 5. The molecule has 0 atom stereocenters. The highest BCUT2D eigenvalue weighted by atomic mass is 35.5. The van der Waals surface area contributed by atoms with Gasteiger partial charge in [0.05, 0.1) is 4.92 Å². The molecule has 6 nitrogen and oxygen atoms in total. The number of nitro groups is 1. The Bertz CT molecular complexity index is 747. The maximum Gasteiger partial charge on any atom is 0.269 e. The van der Waals surface area contributed by atoms with Gasteiger partial charge < -0.3 is 5.32 Å². The van der Waals surface area contributed by atoms with E-state index in [1.165, 1.54) is 18.2 Å². The first-order chi connectivity index (χ1) is 10.7. The fourth-order valence-corrected chi connectivity index (χ4v) is 3.17. The zero-order chi connectivity index (χ0) is 17.3. The molecule has 120 valence electrons. The Balaban J connectivity index is 2.72. The van der Waals surface area contributed by atoms with Gasteiger partial charge in [0.2, 0.25) is 0 Å². The fraction of sp³-hybridized carbons (Fsp3) is 0.200. The van der Waals surface area contributed by atoms with E-state index in [9.17, 15) is 19.7 Å². The van der Waals surface area contributed by atoms with E-state index >= 15 is 0 Å². The number of nitrogens with one attached hydrogen (secondary N) is 1. The third kappa shape index (κ3) is 3.28. The van der Waals surface area contributed by atoms with Crippen molar-refractivity contribution in [2.45, 2.75) is 19.8 Å². The molecule has 1 aromatic rings. The van der Waals surface area contributed by atoms with Gasteiger partial charge >= 0.3 is 0 Å². The molecule has 0 aliphatic carbocycles. The minimum atomic E-state index is -0.855. The van der Waals surface area contributed by atoms with Crippen molar-refractivity contribution in [3.63, 3.8) is 0 Å². The zero-order valence-electron chi connectivity index (χ0n) is 12.2. The van der Waals surface area contributed by atoms with Gasteiger partial charge in [-0.1, -0.05) is 12.1 Å². The van der Waals surface area contributed by atoms with E-state index in [1.54, 1.807) is 19.9 Å². The Morgan fingerprint density at radius 3 is 2.09 bits per heavy atom. The summed E-state index contributed by atoms with van der Waals surface area (Å²) in [5.41, 5.74) is 1.47. The molecule has 23 heavy (non-hydrogen) atoms. The van der Waals surface area contributed by atoms with E-state index in [-0.39, 0.29) is 16.8 Å². The molecule has 0 unspecified atom stereocenters. The molecule has 0 saturated carbocycles. The van der Waals surface area contributed by atoms with Crippen LogP contribution in [0.15, 0.2) is 46.8 Å². The Labute approximate surface area is 141 Å². The van der Waals surface area contributed by atoms with Gasteiger partial charge in [-0.2, -0.15) is 0 Å². The molecule has 0 fully saturated rings. The summed E-state index contributed by atoms with van der Waals surface area (Å²) in [6.07, 6.45) is 0. The molecule has 1 N–H and O–H groups in total. The predicted molar refractivity (Wildman–Crippen MR) is 86.1 cm³/mol. The lowest BCUT2D eigenvalue weighted by molar-refractivity contribution is -0.384. The Kier molecular flexibility index (Phi) is 4.87. The van der Waals surface area contributed by atoms with E-state index in [2.05, 4.69) is 5.32 Å². The molecule has 0 radical (unpaired) electrons. The third-order valence-electron chi connectivity index (χ3n) is 3.60. The molecular weight excluding hydrogens is 343 g/mol. The Morgan fingerprint density at radius 1 is 1.13 bits per heavy atom. The van der Waals surface area contributed by atoms with Gasteiger partial charge in [0.25, 0.3) is 16.2 Å². The largest absolute Gasteiger partial charge is 0.362 e. The van der Waals surface area contributed by atoms with Crippen LogP contribution in [0.3, 0.4) is 0 Å². The second kappa shape index (κ2) is 6.52. The van der Waals surface area contributed by atoms with Gasteiger partial charge in [-0.15, -0.1) is 0 Å². The van der Waals surface area contributed by atoms with Crippen molar-refractivity contribution in [3.05, 3.63) is 62.5 Å². The van der Waals surface area contributed by atoms with Gasteiger partial charge in [-0.3, -0.25) is 19.7 Å². The molecule has 0 aromatic heterocycles. The molecule has 0 saturated heterocycles. The lowest BCUT2D eigenvalue weighted by Gasteiger charge is -2.29. The van der Waals surface area contributed by atoms with Crippen molar-refractivity contribution >= 4 is 39.4 Å². The number of nitro benzene ring substituents is 1. The van der Waals surface area contributed by atoms with Gasteiger partial charge in [-0.05, 0) is 42.6 Å². The number of benzene rings is 1. The first-order valence-corrected chi connectivity index (χ1v) is 7.32. The molecular formula is C15H12Cl2N2O4. The number of non-ortho nitro benzene ring substituents is 1. The van der Waals surface area contributed by atoms with Crippen molar-refractivity contribution < 1.29 is 14.5 Å². The van der Waals surface area contributed by atoms with Gasteiger partial charge in [0.15, 0.2) is 0 Å². The summed E-state index contributed by atoms with van der Waals surface area (Å²) < 4.78 is 0. The number of halogens is 2. The highest BCUT2D eigenvalue weighted by molar-refractivity contribution is 6.69. The normalized spacial score (nSPS) is 15.5. The fourth-order valence-electron chi connectivity index (χ4n) is 2.67. The number of dihydropyridines is 1. The molecule has 0 bridgehead atoms. The second-order valence-electron chi connectivity index (χ2n) is 5.03. The lowest BCUT2D eigenvalue weighted by Crippen LogP contribution is -2.28. The van der Waals surface area contributed by atoms with Gasteiger partial charge in [0.1, 0.15) is 0 Å². The summed E-state index contributed by atoms with van der Waals surface area (Å²) in [6, 6.07) is 5.69. The summed E-state index contributed by atoms with van der Waals surface area (Å²) >= 11 is 11.3. The predicted octanol–water partition coefficient (Wildman–Crippen LogP) is 3.36. The first-order valence-electron chi connectivity index (χ1n) is 6.56. The van der Waals surface area contributed by atoms with E-state index in [0.717, 1.165) is 0 Å². The van der Waals surface area contributed by atoms with Crippen LogP contribution in [-0.4, -0.2) is 15.4 Å². The Hall–Kier alpha value is -2.18. The van der Waals surface area contributed by atoms with E-state index in [0.29, 0.717) is 17.0 Å². The Morgan fingerprint density at radius 2 is 1.65 bits per heavy atom.